The van der Waals surface area contributed by atoms with Crippen LogP contribution >= 0.6 is 0 Å². The molecule has 0 fully saturated rings. The Hall–Kier alpha value is -1.76. The standard InChI is InChI=1S/C13H13F3O4/c14-13(15,16)10(17)7-12(11(18)19)5-6-20-9-4-2-1-3-8(9)12/h1-4,10,17H,5-7H2,(H,18,19). The summed E-state index contributed by atoms with van der Waals surface area (Å²) in [4.78, 5) is 11.6. The van der Waals surface area contributed by atoms with Gasteiger partial charge in [-0.25, -0.2) is 0 Å². The molecule has 20 heavy (non-hydrogen) atoms. The van der Waals surface area contributed by atoms with Crippen LogP contribution in [0.3, 0.4) is 0 Å². The third kappa shape index (κ3) is 2.45. The second kappa shape index (κ2) is 4.97. The number of para-hydroxylation sites is 1. The molecule has 0 bridgehead atoms. The van der Waals surface area contributed by atoms with E-state index in [-0.39, 0.29) is 24.3 Å². The molecular weight excluding hydrogens is 277 g/mol. The van der Waals surface area contributed by atoms with Crippen LogP contribution in [0.4, 0.5) is 13.2 Å². The van der Waals surface area contributed by atoms with E-state index in [2.05, 4.69) is 0 Å². The lowest BCUT2D eigenvalue weighted by Crippen LogP contribution is -2.46. The largest absolute Gasteiger partial charge is 0.493 e. The molecule has 2 rings (SSSR count). The highest BCUT2D eigenvalue weighted by molar-refractivity contribution is 5.83. The number of aliphatic carboxylic acids is 1. The molecular formula is C13H13F3O4. The van der Waals surface area contributed by atoms with Crippen LogP contribution in [0, 0.1) is 0 Å². The Bertz CT molecular complexity index is 515. The van der Waals surface area contributed by atoms with E-state index in [1.54, 1.807) is 6.07 Å². The molecule has 2 unspecified atom stereocenters. The Balaban J connectivity index is 2.45. The van der Waals surface area contributed by atoms with Gasteiger partial charge in [-0.15, -0.1) is 0 Å². The normalized spacial score (nSPS) is 23.6. The van der Waals surface area contributed by atoms with Crippen molar-refractivity contribution in [2.75, 3.05) is 6.61 Å². The first-order valence-electron chi connectivity index (χ1n) is 5.98. The van der Waals surface area contributed by atoms with Gasteiger partial charge in [0.1, 0.15) is 11.2 Å². The Morgan fingerprint density at radius 1 is 1.40 bits per heavy atom. The zero-order valence-electron chi connectivity index (χ0n) is 10.4. The van der Waals surface area contributed by atoms with Crippen LogP contribution in [0.15, 0.2) is 24.3 Å². The smallest absolute Gasteiger partial charge is 0.414 e. The maximum Gasteiger partial charge on any atom is 0.414 e. The second-order valence-corrected chi connectivity index (χ2v) is 4.74. The molecule has 4 nitrogen and oxygen atoms in total. The van der Waals surface area contributed by atoms with Gasteiger partial charge in [0.25, 0.3) is 0 Å². The number of halogens is 3. The highest BCUT2D eigenvalue weighted by Crippen LogP contribution is 2.44. The van der Waals surface area contributed by atoms with Crippen LogP contribution in [0.2, 0.25) is 0 Å². The molecule has 1 aromatic rings. The van der Waals surface area contributed by atoms with Crippen molar-refractivity contribution in [2.24, 2.45) is 0 Å². The van der Waals surface area contributed by atoms with E-state index in [4.69, 9.17) is 4.74 Å². The average molecular weight is 290 g/mol. The SMILES string of the molecule is O=C(O)C1(CC(O)C(F)(F)F)CCOc2ccccc21. The van der Waals surface area contributed by atoms with Gasteiger partial charge in [-0.1, -0.05) is 18.2 Å². The molecule has 0 saturated carbocycles. The zero-order valence-corrected chi connectivity index (χ0v) is 10.4. The van der Waals surface area contributed by atoms with Crippen LogP contribution in [0.1, 0.15) is 18.4 Å². The molecule has 2 N–H and O–H groups in total. The number of alkyl halides is 3. The first kappa shape index (κ1) is 14.6. The number of carboxylic acids is 1. The van der Waals surface area contributed by atoms with Gasteiger partial charge in [-0.2, -0.15) is 13.2 Å². The van der Waals surface area contributed by atoms with Crippen molar-refractivity contribution in [3.63, 3.8) is 0 Å². The van der Waals surface area contributed by atoms with Crippen LogP contribution in [-0.4, -0.2) is 35.1 Å². The maximum absolute atomic E-state index is 12.5. The number of carboxylic acid groups (broad SMARTS) is 1. The summed E-state index contributed by atoms with van der Waals surface area (Å²) in [5, 5.41) is 18.7. The van der Waals surface area contributed by atoms with Gasteiger partial charge in [0.2, 0.25) is 0 Å². The molecule has 1 heterocycles. The summed E-state index contributed by atoms with van der Waals surface area (Å²) < 4.78 is 42.9. The van der Waals surface area contributed by atoms with Crippen molar-refractivity contribution in [2.45, 2.75) is 30.5 Å². The van der Waals surface area contributed by atoms with Gasteiger partial charge in [0.15, 0.2) is 6.10 Å². The molecule has 1 aliphatic heterocycles. The van der Waals surface area contributed by atoms with Crippen molar-refractivity contribution in [1.29, 1.82) is 0 Å². The lowest BCUT2D eigenvalue weighted by molar-refractivity contribution is -0.211. The Morgan fingerprint density at radius 3 is 2.65 bits per heavy atom. The minimum Gasteiger partial charge on any atom is -0.493 e. The van der Waals surface area contributed by atoms with Gasteiger partial charge >= 0.3 is 12.1 Å². The van der Waals surface area contributed by atoms with E-state index in [0.29, 0.717) is 0 Å². The lowest BCUT2D eigenvalue weighted by Gasteiger charge is -2.36. The highest BCUT2D eigenvalue weighted by atomic mass is 19.4. The first-order chi connectivity index (χ1) is 9.27. The number of ether oxygens (including phenoxy) is 1. The number of hydrogen-bond acceptors (Lipinski definition) is 3. The highest BCUT2D eigenvalue weighted by Gasteiger charge is 2.51. The van der Waals surface area contributed by atoms with Crippen molar-refractivity contribution >= 4 is 5.97 Å². The van der Waals surface area contributed by atoms with Crippen molar-refractivity contribution < 1.29 is 32.9 Å². The van der Waals surface area contributed by atoms with E-state index < -0.39 is 30.1 Å². The summed E-state index contributed by atoms with van der Waals surface area (Å²) in [6, 6.07) is 6.07. The van der Waals surface area contributed by atoms with Gasteiger partial charge in [0, 0.05) is 18.4 Å². The topological polar surface area (TPSA) is 66.8 Å². The van der Waals surface area contributed by atoms with Gasteiger partial charge in [-0.05, 0) is 6.07 Å². The van der Waals surface area contributed by atoms with Gasteiger partial charge in [0.05, 0.1) is 6.61 Å². The van der Waals surface area contributed by atoms with Crippen LogP contribution in [-0.2, 0) is 10.2 Å². The summed E-state index contributed by atoms with van der Waals surface area (Å²) in [6.07, 6.45) is -8.58. The van der Waals surface area contributed by atoms with Crippen LogP contribution < -0.4 is 4.74 Å². The van der Waals surface area contributed by atoms with E-state index in [1.165, 1.54) is 18.2 Å². The number of fused-ring (bicyclic) bond motifs is 1. The lowest BCUT2D eigenvalue weighted by atomic mass is 9.72. The molecule has 0 saturated heterocycles. The molecule has 1 aromatic carbocycles. The van der Waals surface area contributed by atoms with Gasteiger partial charge in [-0.3, -0.25) is 4.79 Å². The van der Waals surface area contributed by atoms with Crippen molar-refractivity contribution in [1.82, 2.24) is 0 Å². The quantitative estimate of drug-likeness (QED) is 0.894. The predicted octanol–water partition coefficient (Wildman–Crippen LogP) is 2.10. The monoisotopic (exact) mass is 290 g/mol. The summed E-state index contributed by atoms with van der Waals surface area (Å²) in [7, 11) is 0. The number of benzene rings is 1. The summed E-state index contributed by atoms with van der Waals surface area (Å²) in [5.74, 6) is -1.15. The first-order valence-corrected chi connectivity index (χ1v) is 5.98. The molecule has 0 radical (unpaired) electrons. The van der Waals surface area contributed by atoms with E-state index in [1.807, 2.05) is 0 Å². The fourth-order valence-corrected chi connectivity index (χ4v) is 2.43. The number of aliphatic hydroxyl groups is 1. The number of carbonyl (C=O) groups is 1. The fraction of sp³-hybridized carbons (Fsp3) is 0.462. The average Bonchev–Trinajstić information content (AvgIpc) is 2.37. The third-order valence-corrected chi connectivity index (χ3v) is 3.52. The summed E-state index contributed by atoms with van der Waals surface area (Å²) in [6.45, 7) is -0.00606. The molecule has 0 aliphatic carbocycles. The third-order valence-electron chi connectivity index (χ3n) is 3.52. The van der Waals surface area contributed by atoms with Gasteiger partial charge < -0.3 is 14.9 Å². The number of rotatable bonds is 3. The number of hydrogen-bond donors (Lipinski definition) is 2. The molecule has 1 aliphatic rings. The summed E-state index contributed by atoms with van der Waals surface area (Å²) >= 11 is 0. The van der Waals surface area contributed by atoms with Crippen molar-refractivity contribution in [3.8, 4) is 5.75 Å². The minimum atomic E-state index is -4.85. The second-order valence-electron chi connectivity index (χ2n) is 4.74. The minimum absolute atomic E-state index is 0.00606. The Kier molecular flexibility index (Phi) is 3.64. The number of aliphatic hydroxyl groups excluding tert-OH is 1. The molecule has 2 atom stereocenters. The molecule has 0 aromatic heterocycles. The van der Waals surface area contributed by atoms with E-state index in [0.717, 1.165) is 0 Å². The van der Waals surface area contributed by atoms with Crippen LogP contribution in [0.5, 0.6) is 5.75 Å². The van der Waals surface area contributed by atoms with Crippen molar-refractivity contribution in [3.05, 3.63) is 29.8 Å². The van der Waals surface area contributed by atoms with E-state index >= 15 is 0 Å². The summed E-state index contributed by atoms with van der Waals surface area (Å²) in [5.41, 5.74) is -1.62. The predicted molar refractivity (Wildman–Crippen MR) is 62.5 cm³/mol. The Labute approximate surface area is 112 Å². The molecule has 110 valence electrons. The Morgan fingerprint density at radius 2 is 2.05 bits per heavy atom. The zero-order chi connectivity index (χ0) is 15.0. The molecule has 0 amide bonds. The molecule has 0 spiro atoms. The maximum atomic E-state index is 12.5. The van der Waals surface area contributed by atoms with E-state index in [9.17, 15) is 28.2 Å². The fourth-order valence-electron chi connectivity index (χ4n) is 2.43. The molecule has 7 heteroatoms. The van der Waals surface area contributed by atoms with Crippen LogP contribution in [0.25, 0.3) is 0 Å².